The SMILES string of the molecule is Cc1ccc(Cn2nc(C)c(C(=O)OCc3nc(N)nc(N)n3)c2C)cc1. The van der Waals surface area contributed by atoms with Crippen molar-refractivity contribution in [3.63, 3.8) is 0 Å². The van der Waals surface area contributed by atoms with Gasteiger partial charge in [-0.2, -0.15) is 20.1 Å². The van der Waals surface area contributed by atoms with Crippen molar-refractivity contribution in [2.24, 2.45) is 0 Å². The first-order valence-electron chi connectivity index (χ1n) is 8.36. The number of hydrogen-bond donors (Lipinski definition) is 2. The molecule has 9 nitrogen and oxygen atoms in total. The molecule has 0 saturated heterocycles. The fourth-order valence-corrected chi connectivity index (χ4v) is 2.74. The molecular formula is C18H21N7O2. The van der Waals surface area contributed by atoms with Gasteiger partial charge in [-0.15, -0.1) is 0 Å². The Hall–Kier alpha value is -3.49. The summed E-state index contributed by atoms with van der Waals surface area (Å²) in [6.45, 7) is 6.06. The van der Waals surface area contributed by atoms with E-state index in [0.717, 1.165) is 11.3 Å². The van der Waals surface area contributed by atoms with E-state index in [1.165, 1.54) is 5.56 Å². The van der Waals surface area contributed by atoms with Gasteiger partial charge in [-0.05, 0) is 26.3 Å². The molecule has 27 heavy (non-hydrogen) atoms. The van der Waals surface area contributed by atoms with Crippen LogP contribution in [-0.4, -0.2) is 30.7 Å². The number of aryl methyl sites for hydroxylation is 2. The highest BCUT2D eigenvalue weighted by Crippen LogP contribution is 2.17. The molecule has 4 N–H and O–H groups in total. The number of nitrogens with zero attached hydrogens (tertiary/aromatic N) is 5. The van der Waals surface area contributed by atoms with Crippen molar-refractivity contribution in [1.29, 1.82) is 0 Å². The Balaban J connectivity index is 1.74. The molecule has 0 amide bonds. The number of nitrogen functional groups attached to an aromatic ring is 2. The molecular weight excluding hydrogens is 346 g/mol. The van der Waals surface area contributed by atoms with Gasteiger partial charge < -0.3 is 16.2 Å². The van der Waals surface area contributed by atoms with E-state index in [4.69, 9.17) is 16.2 Å². The Morgan fingerprint density at radius 3 is 2.30 bits per heavy atom. The van der Waals surface area contributed by atoms with Crippen LogP contribution in [0, 0.1) is 20.8 Å². The zero-order chi connectivity index (χ0) is 19.6. The lowest BCUT2D eigenvalue weighted by Gasteiger charge is -2.07. The summed E-state index contributed by atoms with van der Waals surface area (Å²) in [5.41, 5.74) is 15.1. The van der Waals surface area contributed by atoms with Crippen LogP contribution >= 0.6 is 0 Å². The molecule has 0 aliphatic carbocycles. The molecule has 0 unspecified atom stereocenters. The van der Waals surface area contributed by atoms with Gasteiger partial charge in [0.25, 0.3) is 0 Å². The molecule has 0 aliphatic rings. The van der Waals surface area contributed by atoms with Crippen LogP contribution in [0.1, 0.15) is 38.7 Å². The minimum atomic E-state index is -0.502. The van der Waals surface area contributed by atoms with Gasteiger partial charge in [0.2, 0.25) is 11.9 Å². The van der Waals surface area contributed by atoms with E-state index < -0.39 is 5.97 Å². The molecule has 140 valence electrons. The first-order valence-corrected chi connectivity index (χ1v) is 8.36. The minimum absolute atomic E-state index is 0.0215. The molecule has 0 radical (unpaired) electrons. The van der Waals surface area contributed by atoms with Gasteiger partial charge in [-0.3, -0.25) is 4.68 Å². The fraction of sp³-hybridized carbons (Fsp3) is 0.278. The Kier molecular flexibility index (Phi) is 5.02. The second-order valence-corrected chi connectivity index (χ2v) is 6.23. The van der Waals surface area contributed by atoms with Crippen LogP contribution in [-0.2, 0) is 17.9 Å². The van der Waals surface area contributed by atoms with Gasteiger partial charge in [0, 0.05) is 0 Å². The second kappa shape index (κ2) is 7.40. The third-order valence-corrected chi connectivity index (χ3v) is 4.09. The van der Waals surface area contributed by atoms with Crippen LogP contribution in [0.3, 0.4) is 0 Å². The van der Waals surface area contributed by atoms with Crippen molar-refractivity contribution in [2.45, 2.75) is 33.9 Å². The van der Waals surface area contributed by atoms with E-state index in [1.807, 2.05) is 38.1 Å². The van der Waals surface area contributed by atoms with E-state index in [0.29, 0.717) is 17.8 Å². The molecule has 0 spiro atoms. The Labute approximate surface area is 156 Å². The average molecular weight is 367 g/mol. The lowest BCUT2D eigenvalue weighted by atomic mass is 10.1. The van der Waals surface area contributed by atoms with Crippen LogP contribution in [0.25, 0.3) is 0 Å². The minimum Gasteiger partial charge on any atom is -0.454 e. The maximum atomic E-state index is 12.5. The molecule has 0 aliphatic heterocycles. The summed E-state index contributed by atoms with van der Waals surface area (Å²) in [6, 6.07) is 8.17. The molecule has 1 aromatic carbocycles. The van der Waals surface area contributed by atoms with Crippen molar-refractivity contribution in [1.82, 2.24) is 24.7 Å². The van der Waals surface area contributed by atoms with Gasteiger partial charge in [0.15, 0.2) is 12.4 Å². The van der Waals surface area contributed by atoms with Gasteiger partial charge in [-0.25, -0.2) is 4.79 Å². The first kappa shape index (κ1) is 18.3. The number of carbonyl (C=O) groups excluding carboxylic acids is 1. The Morgan fingerprint density at radius 2 is 1.67 bits per heavy atom. The average Bonchev–Trinajstić information content (AvgIpc) is 2.88. The number of ether oxygens (including phenoxy) is 1. The summed E-state index contributed by atoms with van der Waals surface area (Å²) in [5, 5.41) is 4.47. The number of esters is 1. The van der Waals surface area contributed by atoms with Crippen molar-refractivity contribution in [2.75, 3.05) is 11.5 Å². The number of benzene rings is 1. The Bertz CT molecular complexity index is 960. The largest absolute Gasteiger partial charge is 0.454 e. The highest BCUT2D eigenvalue weighted by atomic mass is 16.5. The zero-order valence-corrected chi connectivity index (χ0v) is 15.4. The topological polar surface area (TPSA) is 135 Å². The van der Waals surface area contributed by atoms with Crippen molar-refractivity contribution < 1.29 is 9.53 Å². The van der Waals surface area contributed by atoms with Crippen molar-refractivity contribution in [3.05, 3.63) is 58.2 Å². The van der Waals surface area contributed by atoms with Gasteiger partial charge in [0.05, 0.1) is 17.9 Å². The summed E-state index contributed by atoms with van der Waals surface area (Å²) >= 11 is 0. The predicted molar refractivity (Wildman–Crippen MR) is 99.8 cm³/mol. The summed E-state index contributed by atoms with van der Waals surface area (Å²) < 4.78 is 7.10. The van der Waals surface area contributed by atoms with E-state index >= 15 is 0 Å². The van der Waals surface area contributed by atoms with Crippen LogP contribution in [0.4, 0.5) is 11.9 Å². The quantitative estimate of drug-likeness (QED) is 0.649. The molecule has 9 heteroatoms. The maximum Gasteiger partial charge on any atom is 0.342 e. The number of rotatable bonds is 5. The third kappa shape index (κ3) is 4.20. The maximum absolute atomic E-state index is 12.5. The number of nitrogens with two attached hydrogens (primary N) is 2. The number of aromatic nitrogens is 5. The van der Waals surface area contributed by atoms with E-state index in [2.05, 4.69) is 20.1 Å². The summed E-state index contributed by atoms with van der Waals surface area (Å²) in [4.78, 5) is 24.0. The van der Waals surface area contributed by atoms with E-state index in [-0.39, 0.29) is 24.3 Å². The molecule has 0 saturated carbocycles. The molecule has 0 fully saturated rings. The van der Waals surface area contributed by atoms with Crippen molar-refractivity contribution >= 4 is 17.9 Å². The number of hydrogen-bond acceptors (Lipinski definition) is 8. The zero-order valence-electron chi connectivity index (χ0n) is 15.4. The molecule has 2 aromatic heterocycles. The van der Waals surface area contributed by atoms with E-state index in [9.17, 15) is 4.79 Å². The fourth-order valence-electron chi connectivity index (χ4n) is 2.74. The lowest BCUT2D eigenvalue weighted by molar-refractivity contribution is 0.0460. The molecule has 0 atom stereocenters. The van der Waals surface area contributed by atoms with Gasteiger partial charge in [0.1, 0.15) is 5.56 Å². The predicted octanol–water partition coefficient (Wildman–Crippen LogP) is 1.56. The first-order chi connectivity index (χ1) is 12.8. The highest BCUT2D eigenvalue weighted by Gasteiger charge is 2.20. The Morgan fingerprint density at radius 1 is 1.04 bits per heavy atom. The molecule has 2 heterocycles. The standard InChI is InChI=1S/C18H21N7O2/c1-10-4-6-13(7-5-10)8-25-12(3)15(11(2)24-25)16(26)27-9-14-21-17(19)23-18(20)22-14/h4-7H,8-9H2,1-3H3,(H4,19,20,21,22,23). The number of anilines is 2. The normalized spacial score (nSPS) is 10.8. The summed E-state index contributed by atoms with van der Waals surface area (Å²) in [5.74, 6) is -0.355. The van der Waals surface area contributed by atoms with Crippen LogP contribution < -0.4 is 11.5 Å². The monoisotopic (exact) mass is 367 g/mol. The smallest absolute Gasteiger partial charge is 0.342 e. The van der Waals surface area contributed by atoms with Gasteiger partial charge in [-0.1, -0.05) is 29.8 Å². The van der Waals surface area contributed by atoms with E-state index in [1.54, 1.807) is 11.6 Å². The molecule has 3 rings (SSSR count). The van der Waals surface area contributed by atoms with Crippen LogP contribution in [0.5, 0.6) is 0 Å². The molecule has 0 bridgehead atoms. The summed E-state index contributed by atoms with van der Waals surface area (Å²) in [7, 11) is 0. The number of carbonyl (C=O) groups is 1. The lowest BCUT2D eigenvalue weighted by Crippen LogP contribution is -2.12. The highest BCUT2D eigenvalue weighted by molar-refractivity contribution is 5.91. The third-order valence-electron chi connectivity index (χ3n) is 4.09. The molecule has 3 aromatic rings. The van der Waals surface area contributed by atoms with Crippen LogP contribution in [0.15, 0.2) is 24.3 Å². The van der Waals surface area contributed by atoms with Gasteiger partial charge >= 0.3 is 5.97 Å². The summed E-state index contributed by atoms with van der Waals surface area (Å²) in [6.07, 6.45) is 0. The second-order valence-electron chi connectivity index (χ2n) is 6.23. The van der Waals surface area contributed by atoms with Crippen molar-refractivity contribution in [3.8, 4) is 0 Å². The van der Waals surface area contributed by atoms with Crippen LogP contribution in [0.2, 0.25) is 0 Å².